The third kappa shape index (κ3) is 2.68. The van der Waals surface area contributed by atoms with Crippen LogP contribution in [-0.4, -0.2) is 6.61 Å². The van der Waals surface area contributed by atoms with E-state index in [1.807, 2.05) is 6.07 Å². The van der Waals surface area contributed by atoms with Crippen molar-refractivity contribution in [3.63, 3.8) is 0 Å². The smallest absolute Gasteiger partial charge is 0.127 e. The molecule has 1 unspecified atom stereocenters. The van der Waals surface area contributed by atoms with E-state index in [9.17, 15) is 4.39 Å². The Bertz CT molecular complexity index is 672. The van der Waals surface area contributed by atoms with Crippen LogP contribution in [0.2, 0.25) is 0 Å². The van der Waals surface area contributed by atoms with Crippen molar-refractivity contribution >= 4 is 47.8 Å². The number of halogens is 4. The molecule has 1 nitrogen and oxygen atoms in total. The van der Waals surface area contributed by atoms with Gasteiger partial charge in [-0.05, 0) is 35.4 Å². The molecule has 1 atom stereocenters. The van der Waals surface area contributed by atoms with Gasteiger partial charge in [-0.3, -0.25) is 0 Å². The summed E-state index contributed by atoms with van der Waals surface area (Å²) in [5.74, 6) is 0.683. The summed E-state index contributed by atoms with van der Waals surface area (Å²) in [4.78, 5) is -0.0539. The van der Waals surface area contributed by atoms with Crippen LogP contribution in [-0.2, 0) is 6.42 Å². The van der Waals surface area contributed by atoms with E-state index in [4.69, 9.17) is 4.74 Å². The average Bonchev–Trinajstić information content (AvgIpc) is 2.85. The van der Waals surface area contributed by atoms with Crippen LogP contribution in [0.15, 0.2) is 39.3 Å². The quantitative estimate of drug-likeness (QED) is 0.513. The third-order valence-corrected chi connectivity index (χ3v) is 5.42. The van der Waals surface area contributed by atoms with Crippen LogP contribution < -0.4 is 4.74 Å². The van der Waals surface area contributed by atoms with Crippen LogP contribution in [0.4, 0.5) is 4.39 Å². The van der Waals surface area contributed by atoms with E-state index in [1.165, 1.54) is 17.7 Å². The topological polar surface area (TPSA) is 9.23 Å². The Morgan fingerprint density at radius 3 is 2.65 bits per heavy atom. The minimum Gasteiger partial charge on any atom is -0.493 e. The number of ether oxygens (including phenoxy) is 1. The summed E-state index contributed by atoms with van der Waals surface area (Å²) >= 11 is 10.7. The molecule has 0 N–H and O–H groups in total. The number of alkyl halides is 1. The molecule has 20 heavy (non-hydrogen) atoms. The predicted octanol–water partition coefficient (Wildman–Crippen LogP) is 5.77. The normalized spacial score (nSPS) is 14.8. The van der Waals surface area contributed by atoms with Gasteiger partial charge in [-0.2, -0.15) is 0 Å². The first-order valence-corrected chi connectivity index (χ1v) is 8.60. The monoisotopic (exact) mass is 462 g/mol. The van der Waals surface area contributed by atoms with Crippen LogP contribution in [0.3, 0.4) is 0 Å². The minimum absolute atomic E-state index is 0.0539. The lowest BCUT2D eigenvalue weighted by molar-refractivity contribution is 0.354. The predicted molar refractivity (Wildman–Crippen MR) is 88.2 cm³/mol. The van der Waals surface area contributed by atoms with E-state index < -0.39 is 0 Å². The first-order chi connectivity index (χ1) is 9.56. The summed E-state index contributed by atoms with van der Waals surface area (Å²) in [7, 11) is 0. The summed E-state index contributed by atoms with van der Waals surface area (Å²) in [6.07, 6.45) is 0.923. The number of hydrogen-bond acceptors (Lipinski definition) is 1. The zero-order valence-electron chi connectivity index (χ0n) is 10.3. The standard InChI is InChI=1S/C15H10Br3FO/c16-9-5-8-3-4-20-15(8)12(6-9)14(18)11-2-1-10(19)7-13(11)17/h1-2,5-7,14H,3-4H2. The molecule has 104 valence electrons. The molecule has 0 fully saturated rings. The highest BCUT2D eigenvalue weighted by atomic mass is 79.9. The van der Waals surface area contributed by atoms with Crippen molar-refractivity contribution in [2.45, 2.75) is 11.2 Å². The van der Waals surface area contributed by atoms with Crippen LogP contribution in [0.5, 0.6) is 5.75 Å². The van der Waals surface area contributed by atoms with Crippen LogP contribution in [0.1, 0.15) is 21.5 Å². The van der Waals surface area contributed by atoms with Gasteiger partial charge in [0.1, 0.15) is 11.6 Å². The molecule has 1 aliphatic heterocycles. The maximum atomic E-state index is 13.2. The largest absolute Gasteiger partial charge is 0.493 e. The first-order valence-electron chi connectivity index (χ1n) is 6.10. The molecule has 0 bridgehead atoms. The zero-order valence-corrected chi connectivity index (χ0v) is 15.1. The van der Waals surface area contributed by atoms with Gasteiger partial charge >= 0.3 is 0 Å². The molecule has 3 rings (SSSR count). The van der Waals surface area contributed by atoms with Crippen molar-refractivity contribution in [2.24, 2.45) is 0 Å². The van der Waals surface area contributed by atoms with Gasteiger partial charge in [0.15, 0.2) is 0 Å². The van der Waals surface area contributed by atoms with E-state index in [0.717, 1.165) is 32.2 Å². The van der Waals surface area contributed by atoms with Gasteiger partial charge in [0.2, 0.25) is 0 Å². The lowest BCUT2D eigenvalue weighted by atomic mass is 10.0. The second kappa shape index (κ2) is 5.78. The second-order valence-electron chi connectivity index (χ2n) is 4.61. The number of hydrogen-bond donors (Lipinski definition) is 0. The van der Waals surface area contributed by atoms with Gasteiger partial charge in [0.05, 0.1) is 11.4 Å². The van der Waals surface area contributed by atoms with E-state index in [-0.39, 0.29) is 10.6 Å². The Balaban J connectivity index is 2.09. The Kier molecular flexibility index (Phi) is 4.20. The Hall–Kier alpha value is -0.390. The summed E-state index contributed by atoms with van der Waals surface area (Å²) in [6, 6.07) is 8.85. The summed E-state index contributed by atoms with van der Waals surface area (Å²) in [5, 5.41) is 0. The van der Waals surface area contributed by atoms with Crippen molar-refractivity contribution in [3.05, 3.63) is 61.8 Å². The SMILES string of the molecule is Fc1ccc(C(Br)c2cc(Br)cc3c2OCC3)c(Br)c1. The zero-order chi connectivity index (χ0) is 14.3. The van der Waals surface area contributed by atoms with Crippen molar-refractivity contribution < 1.29 is 9.13 Å². The molecule has 5 heteroatoms. The second-order valence-corrected chi connectivity index (χ2v) is 7.30. The molecule has 1 heterocycles. The van der Waals surface area contributed by atoms with E-state index in [1.54, 1.807) is 6.07 Å². The van der Waals surface area contributed by atoms with Crippen molar-refractivity contribution in [3.8, 4) is 5.75 Å². The van der Waals surface area contributed by atoms with Gasteiger partial charge in [-0.15, -0.1) is 0 Å². The van der Waals surface area contributed by atoms with Gasteiger partial charge in [0.25, 0.3) is 0 Å². The van der Waals surface area contributed by atoms with E-state index >= 15 is 0 Å². The number of rotatable bonds is 2. The average molecular weight is 465 g/mol. The van der Waals surface area contributed by atoms with Crippen LogP contribution >= 0.6 is 47.8 Å². The molecular weight excluding hydrogens is 455 g/mol. The highest BCUT2D eigenvalue weighted by Gasteiger charge is 2.24. The summed E-state index contributed by atoms with van der Waals surface area (Å²) in [6.45, 7) is 0.711. The van der Waals surface area contributed by atoms with Crippen molar-refractivity contribution in [1.82, 2.24) is 0 Å². The third-order valence-electron chi connectivity index (χ3n) is 3.29. The van der Waals surface area contributed by atoms with Crippen LogP contribution in [0.25, 0.3) is 0 Å². The van der Waals surface area contributed by atoms with E-state index in [2.05, 4.69) is 53.9 Å². The molecule has 0 radical (unpaired) electrons. The molecule has 0 saturated heterocycles. The molecule has 2 aromatic rings. The molecule has 0 spiro atoms. The maximum Gasteiger partial charge on any atom is 0.127 e. The Labute approximate surface area is 141 Å². The summed E-state index contributed by atoms with van der Waals surface area (Å²) in [5.41, 5.74) is 3.23. The first kappa shape index (κ1) is 14.5. The van der Waals surface area contributed by atoms with Gasteiger partial charge in [0, 0.05) is 20.9 Å². The fourth-order valence-electron chi connectivity index (χ4n) is 2.36. The molecule has 0 aliphatic carbocycles. The highest BCUT2D eigenvalue weighted by Crippen LogP contribution is 2.44. The lowest BCUT2D eigenvalue weighted by Crippen LogP contribution is -1.98. The fourth-order valence-corrected chi connectivity index (χ4v) is 4.51. The molecule has 2 aromatic carbocycles. The maximum absolute atomic E-state index is 13.2. The Morgan fingerprint density at radius 2 is 1.90 bits per heavy atom. The molecular formula is C15H10Br3FO. The molecule has 0 saturated carbocycles. The highest BCUT2D eigenvalue weighted by molar-refractivity contribution is 9.11. The lowest BCUT2D eigenvalue weighted by Gasteiger charge is -2.16. The molecule has 1 aliphatic rings. The van der Waals surface area contributed by atoms with Gasteiger partial charge in [-0.25, -0.2) is 4.39 Å². The van der Waals surface area contributed by atoms with Gasteiger partial charge < -0.3 is 4.74 Å². The fraction of sp³-hybridized carbons (Fsp3) is 0.200. The van der Waals surface area contributed by atoms with Crippen molar-refractivity contribution in [2.75, 3.05) is 6.61 Å². The number of fused-ring (bicyclic) bond motifs is 1. The summed E-state index contributed by atoms with van der Waals surface area (Å²) < 4.78 is 20.7. The minimum atomic E-state index is -0.254. The van der Waals surface area contributed by atoms with E-state index in [0.29, 0.717) is 6.61 Å². The van der Waals surface area contributed by atoms with Crippen molar-refractivity contribution in [1.29, 1.82) is 0 Å². The number of benzene rings is 2. The van der Waals surface area contributed by atoms with Crippen LogP contribution in [0, 0.1) is 5.82 Å². The Morgan fingerprint density at radius 1 is 1.10 bits per heavy atom. The molecule has 0 aromatic heterocycles. The van der Waals surface area contributed by atoms with Gasteiger partial charge in [-0.1, -0.05) is 53.9 Å². The molecule has 0 amide bonds.